The SMILES string of the molecule is COCCN(CCO)S(=O)(=O)c1ccc(CC(=O)O)s1. The average Bonchev–Trinajstić information content (AvgIpc) is 2.82. The van der Waals surface area contributed by atoms with Gasteiger partial charge in [0.05, 0.1) is 19.6 Å². The minimum atomic E-state index is -3.73. The molecule has 0 aliphatic rings. The number of hydrogen-bond acceptors (Lipinski definition) is 6. The Morgan fingerprint density at radius 2 is 2.10 bits per heavy atom. The fraction of sp³-hybridized carbons (Fsp3) is 0.545. The van der Waals surface area contributed by atoms with Gasteiger partial charge in [-0.1, -0.05) is 0 Å². The highest BCUT2D eigenvalue weighted by Crippen LogP contribution is 2.25. The molecule has 0 saturated heterocycles. The molecule has 1 rings (SSSR count). The predicted octanol–water partition coefficient (Wildman–Crippen LogP) is 0.00460. The minimum Gasteiger partial charge on any atom is -0.481 e. The number of aliphatic hydroxyl groups excluding tert-OH is 1. The van der Waals surface area contributed by atoms with E-state index in [1.807, 2.05) is 0 Å². The highest BCUT2D eigenvalue weighted by Gasteiger charge is 2.25. The molecule has 114 valence electrons. The van der Waals surface area contributed by atoms with E-state index >= 15 is 0 Å². The molecule has 0 unspecified atom stereocenters. The molecule has 1 aromatic rings. The van der Waals surface area contributed by atoms with Crippen molar-refractivity contribution in [2.75, 3.05) is 33.4 Å². The third-order valence-electron chi connectivity index (χ3n) is 2.45. The molecule has 0 fully saturated rings. The third kappa shape index (κ3) is 4.53. The number of aliphatic carboxylic acids is 1. The van der Waals surface area contributed by atoms with Crippen LogP contribution in [0.15, 0.2) is 16.3 Å². The Morgan fingerprint density at radius 3 is 2.65 bits per heavy atom. The lowest BCUT2D eigenvalue weighted by atomic mass is 10.3. The summed E-state index contributed by atoms with van der Waals surface area (Å²) in [6, 6.07) is 2.87. The van der Waals surface area contributed by atoms with Gasteiger partial charge in [-0.05, 0) is 12.1 Å². The maximum absolute atomic E-state index is 12.3. The Morgan fingerprint density at radius 1 is 1.40 bits per heavy atom. The van der Waals surface area contributed by atoms with Crippen LogP contribution in [0, 0.1) is 0 Å². The van der Waals surface area contributed by atoms with E-state index in [9.17, 15) is 13.2 Å². The number of methoxy groups -OCH3 is 1. The van der Waals surface area contributed by atoms with Gasteiger partial charge in [-0.25, -0.2) is 8.42 Å². The predicted molar refractivity (Wildman–Crippen MR) is 73.4 cm³/mol. The summed E-state index contributed by atoms with van der Waals surface area (Å²) < 4.78 is 30.7. The zero-order valence-corrected chi connectivity index (χ0v) is 12.6. The van der Waals surface area contributed by atoms with Crippen molar-refractivity contribution >= 4 is 27.3 Å². The monoisotopic (exact) mass is 323 g/mol. The van der Waals surface area contributed by atoms with Crippen molar-refractivity contribution in [2.45, 2.75) is 10.6 Å². The molecule has 0 radical (unpaired) electrons. The van der Waals surface area contributed by atoms with Crippen molar-refractivity contribution in [3.8, 4) is 0 Å². The second kappa shape index (κ2) is 7.70. The molecule has 0 bridgehead atoms. The molecule has 0 aliphatic heterocycles. The van der Waals surface area contributed by atoms with E-state index < -0.39 is 16.0 Å². The summed E-state index contributed by atoms with van der Waals surface area (Å²) in [7, 11) is -2.27. The third-order valence-corrected chi connectivity index (χ3v) is 5.90. The molecule has 20 heavy (non-hydrogen) atoms. The lowest BCUT2D eigenvalue weighted by molar-refractivity contribution is -0.136. The van der Waals surface area contributed by atoms with Gasteiger partial charge in [-0.3, -0.25) is 4.79 Å². The summed E-state index contributed by atoms with van der Waals surface area (Å²) in [6.07, 6.45) is -0.210. The fourth-order valence-corrected chi connectivity index (χ4v) is 4.44. The molecule has 0 amide bonds. The van der Waals surface area contributed by atoms with Crippen LogP contribution in [-0.2, 0) is 26.0 Å². The molecule has 0 aromatic carbocycles. The lowest BCUT2D eigenvalue weighted by Gasteiger charge is -2.19. The summed E-state index contributed by atoms with van der Waals surface area (Å²) in [6.45, 7) is 0.0201. The van der Waals surface area contributed by atoms with E-state index in [-0.39, 0.29) is 36.9 Å². The van der Waals surface area contributed by atoms with E-state index in [1.165, 1.54) is 19.2 Å². The van der Waals surface area contributed by atoms with Crippen LogP contribution in [0.2, 0.25) is 0 Å². The van der Waals surface area contributed by atoms with Crippen molar-refractivity contribution in [1.29, 1.82) is 0 Å². The van der Waals surface area contributed by atoms with Gasteiger partial charge in [0.2, 0.25) is 0 Å². The van der Waals surface area contributed by atoms with E-state index in [4.69, 9.17) is 14.9 Å². The summed E-state index contributed by atoms with van der Waals surface area (Å²) in [5.74, 6) is -1.01. The van der Waals surface area contributed by atoms with E-state index in [1.54, 1.807) is 0 Å². The molecule has 1 aromatic heterocycles. The number of rotatable bonds is 9. The van der Waals surface area contributed by atoms with E-state index in [0.29, 0.717) is 4.88 Å². The molecule has 0 atom stereocenters. The van der Waals surface area contributed by atoms with Crippen molar-refractivity contribution in [3.05, 3.63) is 17.0 Å². The summed E-state index contributed by atoms with van der Waals surface area (Å²) in [5, 5.41) is 17.6. The molecule has 0 spiro atoms. The molecule has 2 N–H and O–H groups in total. The number of carboxylic acid groups (broad SMARTS) is 1. The van der Waals surface area contributed by atoms with Gasteiger partial charge in [0.15, 0.2) is 0 Å². The number of thiophene rings is 1. The standard InChI is InChI=1S/C11H17NO6S2/c1-18-7-5-12(4-6-13)20(16,17)11-3-2-9(19-11)8-10(14)15/h2-3,13H,4-8H2,1H3,(H,14,15). The molecule has 0 saturated carbocycles. The van der Waals surface area contributed by atoms with Crippen LogP contribution in [0.25, 0.3) is 0 Å². The zero-order valence-electron chi connectivity index (χ0n) is 11.0. The highest BCUT2D eigenvalue weighted by atomic mass is 32.2. The smallest absolute Gasteiger partial charge is 0.308 e. The van der Waals surface area contributed by atoms with Gasteiger partial charge >= 0.3 is 5.97 Å². The van der Waals surface area contributed by atoms with Gasteiger partial charge in [0.25, 0.3) is 10.0 Å². The Hall–Kier alpha value is -1.00. The van der Waals surface area contributed by atoms with Gasteiger partial charge < -0.3 is 14.9 Å². The molecule has 0 aliphatic carbocycles. The largest absolute Gasteiger partial charge is 0.481 e. The van der Waals surface area contributed by atoms with Crippen LogP contribution in [0.5, 0.6) is 0 Å². The summed E-state index contributed by atoms with van der Waals surface area (Å²) >= 11 is 0.923. The lowest BCUT2D eigenvalue weighted by Crippen LogP contribution is -2.35. The molecule has 1 heterocycles. The number of aliphatic hydroxyl groups is 1. The van der Waals surface area contributed by atoms with Crippen LogP contribution in [0.4, 0.5) is 0 Å². The minimum absolute atomic E-state index is 0.0299. The van der Waals surface area contributed by atoms with Gasteiger partial charge in [-0.15, -0.1) is 11.3 Å². The topological polar surface area (TPSA) is 104 Å². The molecular formula is C11H17NO6S2. The second-order valence-electron chi connectivity index (χ2n) is 3.91. The summed E-state index contributed by atoms with van der Waals surface area (Å²) in [5.41, 5.74) is 0. The molecule has 7 nitrogen and oxygen atoms in total. The first-order valence-electron chi connectivity index (χ1n) is 5.82. The van der Waals surface area contributed by atoms with Crippen molar-refractivity contribution in [3.63, 3.8) is 0 Å². The van der Waals surface area contributed by atoms with Crippen molar-refractivity contribution < 1.29 is 28.2 Å². The maximum Gasteiger partial charge on any atom is 0.308 e. The zero-order chi connectivity index (χ0) is 15.2. The van der Waals surface area contributed by atoms with Crippen LogP contribution in [0.3, 0.4) is 0 Å². The molecular weight excluding hydrogens is 306 g/mol. The quantitative estimate of drug-likeness (QED) is 0.663. The maximum atomic E-state index is 12.3. The van der Waals surface area contributed by atoms with Crippen LogP contribution >= 0.6 is 11.3 Å². The van der Waals surface area contributed by atoms with Crippen LogP contribution in [-0.4, -0.2) is 62.3 Å². The number of nitrogens with zero attached hydrogens (tertiary/aromatic N) is 1. The Labute approximate surface area is 121 Å². The Kier molecular flexibility index (Phi) is 6.56. The number of carboxylic acids is 1. The Bertz CT molecular complexity index is 539. The second-order valence-corrected chi connectivity index (χ2v) is 7.24. The number of sulfonamides is 1. The Balaban J connectivity index is 2.94. The van der Waals surface area contributed by atoms with Crippen LogP contribution in [0.1, 0.15) is 4.88 Å². The van der Waals surface area contributed by atoms with Crippen molar-refractivity contribution in [1.82, 2.24) is 4.31 Å². The first-order valence-corrected chi connectivity index (χ1v) is 8.08. The van der Waals surface area contributed by atoms with Gasteiger partial charge in [0, 0.05) is 25.1 Å². The summed E-state index contributed by atoms with van der Waals surface area (Å²) in [4.78, 5) is 11.1. The van der Waals surface area contributed by atoms with E-state index in [0.717, 1.165) is 15.6 Å². The first kappa shape index (κ1) is 17.1. The fourth-order valence-electron chi connectivity index (χ4n) is 1.52. The number of hydrogen-bond donors (Lipinski definition) is 2. The van der Waals surface area contributed by atoms with Crippen LogP contribution < -0.4 is 0 Å². The average molecular weight is 323 g/mol. The van der Waals surface area contributed by atoms with Gasteiger partial charge in [0.1, 0.15) is 4.21 Å². The number of ether oxygens (including phenoxy) is 1. The molecule has 9 heteroatoms. The van der Waals surface area contributed by atoms with Crippen molar-refractivity contribution in [2.24, 2.45) is 0 Å². The number of carbonyl (C=O) groups is 1. The highest BCUT2D eigenvalue weighted by molar-refractivity contribution is 7.91. The van der Waals surface area contributed by atoms with E-state index in [2.05, 4.69) is 0 Å². The first-order chi connectivity index (χ1) is 9.41. The van der Waals surface area contributed by atoms with Gasteiger partial charge in [-0.2, -0.15) is 4.31 Å². The normalized spacial score (nSPS) is 11.9.